The summed E-state index contributed by atoms with van der Waals surface area (Å²) in [7, 11) is 0. The van der Waals surface area contributed by atoms with Crippen LogP contribution in [0.2, 0.25) is 0 Å². The second-order valence-corrected chi connectivity index (χ2v) is 5.98. The number of nitrogens with two attached hydrogens (primary N) is 1. The zero-order valence-corrected chi connectivity index (χ0v) is 12.4. The average Bonchev–Trinajstić information content (AvgIpc) is 2.34. The highest BCUT2D eigenvalue weighted by atomic mass is 15.2. The van der Waals surface area contributed by atoms with E-state index in [0.717, 1.165) is 0 Å². The van der Waals surface area contributed by atoms with Crippen LogP contribution in [-0.4, -0.2) is 29.1 Å². The van der Waals surface area contributed by atoms with Crippen LogP contribution in [0.1, 0.15) is 66.7 Å². The first kappa shape index (κ1) is 15.0. The van der Waals surface area contributed by atoms with Crippen LogP contribution in [0.4, 0.5) is 0 Å². The van der Waals surface area contributed by atoms with Crippen LogP contribution in [0.25, 0.3) is 0 Å². The van der Waals surface area contributed by atoms with E-state index >= 15 is 0 Å². The van der Waals surface area contributed by atoms with Crippen molar-refractivity contribution in [2.24, 2.45) is 11.7 Å². The zero-order chi connectivity index (χ0) is 13.0. The molecule has 0 amide bonds. The maximum Gasteiger partial charge on any atom is 0.0141 e. The minimum Gasteiger partial charge on any atom is -0.327 e. The molecule has 0 radical (unpaired) electrons. The zero-order valence-electron chi connectivity index (χ0n) is 12.4. The van der Waals surface area contributed by atoms with E-state index in [2.05, 4.69) is 39.5 Å². The molecule has 0 aromatic carbocycles. The summed E-state index contributed by atoms with van der Waals surface area (Å²) in [4.78, 5) is 2.75. The first-order chi connectivity index (χ1) is 8.02. The molecule has 0 spiro atoms. The first-order valence-corrected chi connectivity index (χ1v) is 7.55. The fourth-order valence-corrected chi connectivity index (χ4v) is 3.30. The van der Waals surface area contributed by atoms with Crippen molar-refractivity contribution in [2.45, 2.75) is 90.9 Å². The van der Waals surface area contributed by atoms with E-state index in [9.17, 15) is 0 Å². The summed E-state index contributed by atoms with van der Waals surface area (Å²) in [6.07, 6.45) is 6.33. The van der Waals surface area contributed by atoms with Crippen LogP contribution in [-0.2, 0) is 0 Å². The van der Waals surface area contributed by atoms with Gasteiger partial charge in [0.15, 0.2) is 0 Å². The van der Waals surface area contributed by atoms with Crippen LogP contribution >= 0.6 is 0 Å². The molecule has 1 rings (SSSR count). The van der Waals surface area contributed by atoms with Gasteiger partial charge in [0.1, 0.15) is 0 Å². The molecule has 1 saturated carbocycles. The van der Waals surface area contributed by atoms with Crippen molar-refractivity contribution >= 4 is 0 Å². The number of hydrogen-bond donors (Lipinski definition) is 1. The van der Waals surface area contributed by atoms with Crippen LogP contribution in [0, 0.1) is 5.92 Å². The molecule has 102 valence electrons. The Morgan fingerprint density at radius 1 is 1.12 bits per heavy atom. The molecule has 0 aromatic heterocycles. The third kappa shape index (κ3) is 3.45. The molecular formula is C15H32N2. The molecule has 1 fully saturated rings. The predicted molar refractivity (Wildman–Crippen MR) is 76.1 cm³/mol. The predicted octanol–water partition coefficient (Wildman–Crippen LogP) is 3.40. The second-order valence-electron chi connectivity index (χ2n) is 5.98. The van der Waals surface area contributed by atoms with Crippen LogP contribution < -0.4 is 5.73 Å². The van der Waals surface area contributed by atoms with Crippen molar-refractivity contribution < 1.29 is 0 Å². The molecular weight excluding hydrogens is 208 g/mol. The Bertz CT molecular complexity index is 207. The molecule has 1 aliphatic rings. The lowest BCUT2D eigenvalue weighted by molar-refractivity contribution is 0.0306. The van der Waals surface area contributed by atoms with E-state index in [1.54, 1.807) is 0 Å². The summed E-state index contributed by atoms with van der Waals surface area (Å²) in [5.41, 5.74) is 6.26. The summed E-state index contributed by atoms with van der Waals surface area (Å²) in [6.45, 7) is 11.7. The molecule has 0 bridgehead atoms. The minimum atomic E-state index is 0.407. The van der Waals surface area contributed by atoms with Crippen LogP contribution in [0.5, 0.6) is 0 Å². The molecule has 5 atom stereocenters. The van der Waals surface area contributed by atoms with E-state index in [1.807, 2.05) is 0 Å². The van der Waals surface area contributed by atoms with Crippen molar-refractivity contribution in [3.05, 3.63) is 0 Å². The molecule has 17 heavy (non-hydrogen) atoms. The minimum absolute atomic E-state index is 0.407. The Morgan fingerprint density at radius 2 is 1.65 bits per heavy atom. The Kier molecular flexibility index (Phi) is 5.94. The normalized spacial score (nSPS) is 33.7. The molecule has 1 aliphatic carbocycles. The summed E-state index contributed by atoms with van der Waals surface area (Å²) >= 11 is 0. The smallest absolute Gasteiger partial charge is 0.0141 e. The maximum absolute atomic E-state index is 6.26. The Balaban J connectivity index is 2.80. The third-order valence-electron chi connectivity index (χ3n) is 4.90. The van der Waals surface area contributed by atoms with Gasteiger partial charge >= 0.3 is 0 Å². The van der Waals surface area contributed by atoms with E-state index in [1.165, 1.54) is 32.1 Å². The molecule has 0 saturated heterocycles. The topological polar surface area (TPSA) is 29.3 Å². The second kappa shape index (κ2) is 6.75. The summed E-state index contributed by atoms with van der Waals surface area (Å²) < 4.78 is 0. The molecule has 5 unspecified atom stereocenters. The van der Waals surface area contributed by atoms with Gasteiger partial charge in [-0.2, -0.15) is 0 Å². The van der Waals surface area contributed by atoms with Gasteiger partial charge in [0.2, 0.25) is 0 Å². The lowest BCUT2D eigenvalue weighted by Gasteiger charge is -2.47. The van der Waals surface area contributed by atoms with Crippen molar-refractivity contribution in [1.82, 2.24) is 4.90 Å². The van der Waals surface area contributed by atoms with Gasteiger partial charge in [-0.05, 0) is 45.4 Å². The average molecular weight is 240 g/mol. The van der Waals surface area contributed by atoms with E-state index in [0.29, 0.717) is 30.1 Å². The van der Waals surface area contributed by atoms with Gasteiger partial charge in [0.25, 0.3) is 0 Å². The highest BCUT2D eigenvalue weighted by molar-refractivity contribution is 4.91. The van der Waals surface area contributed by atoms with Crippen molar-refractivity contribution in [1.29, 1.82) is 0 Å². The van der Waals surface area contributed by atoms with Crippen LogP contribution in [0.15, 0.2) is 0 Å². The standard InChI is InChI=1S/C15H32N2/c1-6-11(3)17(12(4)7-2)15-10-8-9-14(16)13(15)5/h11-15H,6-10,16H2,1-5H3. The van der Waals surface area contributed by atoms with Crippen molar-refractivity contribution in [3.8, 4) is 0 Å². The SMILES string of the molecule is CCC(C)N(C(C)CC)C1CCCC(N)C1C. The van der Waals surface area contributed by atoms with E-state index in [4.69, 9.17) is 5.73 Å². The largest absolute Gasteiger partial charge is 0.327 e. The van der Waals surface area contributed by atoms with Crippen LogP contribution in [0.3, 0.4) is 0 Å². The molecule has 0 aliphatic heterocycles. The highest BCUT2D eigenvalue weighted by Gasteiger charge is 2.35. The highest BCUT2D eigenvalue weighted by Crippen LogP contribution is 2.31. The van der Waals surface area contributed by atoms with Crippen molar-refractivity contribution in [2.75, 3.05) is 0 Å². The number of nitrogens with zero attached hydrogens (tertiary/aromatic N) is 1. The fraction of sp³-hybridized carbons (Fsp3) is 1.00. The van der Waals surface area contributed by atoms with Gasteiger partial charge in [-0.1, -0.05) is 27.2 Å². The Hall–Kier alpha value is -0.0800. The lowest BCUT2D eigenvalue weighted by atomic mass is 9.80. The molecule has 2 nitrogen and oxygen atoms in total. The maximum atomic E-state index is 6.26. The molecule has 2 heteroatoms. The fourth-order valence-electron chi connectivity index (χ4n) is 3.30. The molecule has 0 aromatic rings. The Morgan fingerprint density at radius 3 is 2.12 bits per heavy atom. The summed E-state index contributed by atoms with van der Waals surface area (Å²) in [5.74, 6) is 0.645. The van der Waals surface area contributed by atoms with Gasteiger partial charge in [-0.3, -0.25) is 4.90 Å². The van der Waals surface area contributed by atoms with E-state index < -0.39 is 0 Å². The van der Waals surface area contributed by atoms with Gasteiger partial charge in [-0.15, -0.1) is 0 Å². The molecule has 0 heterocycles. The van der Waals surface area contributed by atoms with E-state index in [-0.39, 0.29) is 0 Å². The summed E-state index contributed by atoms with van der Waals surface area (Å²) in [5, 5.41) is 0. The molecule has 2 N–H and O–H groups in total. The lowest BCUT2D eigenvalue weighted by Crippen LogP contribution is -2.54. The van der Waals surface area contributed by atoms with Gasteiger partial charge < -0.3 is 5.73 Å². The first-order valence-electron chi connectivity index (χ1n) is 7.55. The van der Waals surface area contributed by atoms with Crippen molar-refractivity contribution in [3.63, 3.8) is 0 Å². The third-order valence-corrected chi connectivity index (χ3v) is 4.90. The Labute approximate surface area is 108 Å². The quantitative estimate of drug-likeness (QED) is 0.798. The monoisotopic (exact) mass is 240 g/mol. The number of rotatable bonds is 5. The summed E-state index contributed by atoms with van der Waals surface area (Å²) in [6, 6.07) is 2.47. The van der Waals surface area contributed by atoms with Gasteiger partial charge in [0.05, 0.1) is 0 Å². The van der Waals surface area contributed by atoms with Gasteiger partial charge in [-0.25, -0.2) is 0 Å². The van der Waals surface area contributed by atoms with Gasteiger partial charge in [0, 0.05) is 24.2 Å². The number of hydrogen-bond acceptors (Lipinski definition) is 2.